The summed E-state index contributed by atoms with van der Waals surface area (Å²) in [6.45, 7) is 0. The highest BCUT2D eigenvalue weighted by Gasteiger charge is 2.53. The lowest BCUT2D eigenvalue weighted by Gasteiger charge is -2.32. The maximum atomic E-state index is 6.56. The van der Waals surface area contributed by atoms with E-state index in [4.69, 9.17) is 4.42 Å². The summed E-state index contributed by atoms with van der Waals surface area (Å²) in [5.74, 6) is 0. The molecule has 0 unspecified atom stereocenters. The van der Waals surface area contributed by atoms with Gasteiger partial charge in [0.05, 0.1) is 22.2 Å². The molecule has 2 heteroatoms. The summed E-state index contributed by atoms with van der Waals surface area (Å²) in [5.41, 5.74) is 21.9. The second-order valence-corrected chi connectivity index (χ2v) is 16.7. The summed E-state index contributed by atoms with van der Waals surface area (Å²) in [6, 6.07) is 86.6. The van der Waals surface area contributed by atoms with Crippen molar-refractivity contribution in [2.24, 2.45) is 0 Å². The van der Waals surface area contributed by atoms with Gasteiger partial charge in [0.2, 0.25) is 0 Å². The van der Waals surface area contributed by atoms with Crippen LogP contribution in [0.2, 0.25) is 0 Å². The van der Waals surface area contributed by atoms with Gasteiger partial charge in [-0.05, 0) is 121 Å². The first-order valence-corrected chi connectivity index (χ1v) is 21.8. The summed E-state index contributed by atoms with van der Waals surface area (Å²) in [7, 11) is 0. The van der Waals surface area contributed by atoms with Gasteiger partial charge in [0, 0.05) is 16.6 Å². The van der Waals surface area contributed by atoms with Crippen molar-refractivity contribution in [3.05, 3.63) is 259 Å². The van der Waals surface area contributed by atoms with E-state index in [-0.39, 0.29) is 0 Å². The summed E-state index contributed by atoms with van der Waals surface area (Å²) in [6.07, 6.45) is 0. The Morgan fingerprint density at radius 3 is 1.48 bits per heavy atom. The average Bonchev–Trinajstić information content (AvgIpc) is 3.99. The minimum Gasteiger partial charge on any atom is -0.456 e. The van der Waals surface area contributed by atoms with Crippen LogP contribution in [0.3, 0.4) is 0 Å². The van der Waals surface area contributed by atoms with Crippen LogP contribution in [0.15, 0.2) is 241 Å². The number of fused-ring (bicyclic) bond motifs is 13. The van der Waals surface area contributed by atoms with Crippen LogP contribution in [0.1, 0.15) is 22.3 Å². The topological polar surface area (TPSA) is 16.4 Å². The van der Waals surface area contributed by atoms with Gasteiger partial charge in [0.25, 0.3) is 0 Å². The molecule has 0 radical (unpaired) electrons. The summed E-state index contributed by atoms with van der Waals surface area (Å²) in [5, 5.41) is 2.19. The van der Waals surface area contributed by atoms with Gasteiger partial charge >= 0.3 is 0 Å². The Kier molecular flexibility index (Phi) is 7.85. The van der Waals surface area contributed by atoms with Gasteiger partial charge in [-0.3, -0.25) is 0 Å². The molecule has 63 heavy (non-hydrogen) atoms. The molecular weight excluding hydrogens is 763 g/mol. The molecule has 11 aromatic rings. The van der Waals surface area contributed by atoms with Crippen LogP contribution in [0, 0.1) is 0 Å². The standard InChI is InChI=1S/C61H39NO/c1-4-16-40(17-5-1)43-30-34-46(35-31-43)62(56-27-15-29-58-60(56)50-23-11-13-28-57(50)63-58)55-26-14-25-52-59(55)49-22-10-12-24-51(49)61(52)53-38-44(41-18-6-2-7-19-41)32-36-47(53)48-37-33-45(39-54(48)61)42-20-8-3-9-21-42/h1-39H. The maximum absolute atomic E-state index is 6.56. The molecule has 0 aliphatic heterocycles. The fourth-order valence-corrected chi connectivity index (χ4v) is 10.8. The van der Waals surface area contributed by atoms with Crippen LogP contribution in [-0.4, -0.2) is 0 Å². The molecule has 0 saturated heterocycles. The molecule has 0 saturated carbocycles. The number of furan rings is 1. The van der Waals surface area contributed by atoms with E-state index in [9.17, 15) is 0 Å². The molecule has 0 fully saturated rings. The molecule has 2 aliphatic carbocycles. The van der Waals surface area contributed by atoms with Crippen molar-refractivity contribution >= 4 is 39.0 Å². The summed E-state index contributed by atoms with van der Waals surface area (Å²) < 4.78 is 6.56. The van der Waals surface area contributed by atoms with Crippen LogP contribution >= 0.6 is 0 Å². The van der Waals surface area contributed by atoms with Crippen LogP contribution < -0.4 is 4.90 Å². The molecule has 0 bridgehead atoms. The zero-order valence-electron chi connectivity index (χ0n) is 34.4. The van der Waals surface area contributed by atoms with Gasteiger partial charge in [-0.15, -0.1) is 0 Å². The third kappa shape index (κ3) is 5.25. The third-order valence-corrected chi connectivity index (χ3v) is 13.5. The smallest absolute Gasteiger partial charge is 0.137 e. The monoisotopic (exact) mass is 801 g/mol. The SMILES string of the molecule is c1ccc(-c2ccc(N(c3cccc4c3-c3ccccc3C43c4cc(-c5ccccc5)ccc4-c4ccc(-c5ccccc5)cc43)c3cccc4oc5ccccc5c34)cc2)cc1. The Labute approximate surface area is 366 Å². The molecule has 0 amide bonds. The molecule has 0 N–H and O–H groups in total. The van der Waals surface area contributed by atoms with E-state index < -0.39 is 5.41 Å². The number of nitrogens with zero attached hydrogens (tertiary/aromatic N) is 1. The molecule has 1 heterocycles. The third-order valence-electron chi connectivity index (χ3n) is 13.5. The second kappa shape index (κ2) is 13.9. The van der Waals surface area contributed by atoms with Crippen LogP contribution in [0.5, 0.6) is 0 Å². The highest BCUT2D eigenvalue weighted by Crippen LogP contribution is 2.65. The lowest BCUT2D eigenvalue weighted by Crippen LogP contribution is -2.26. The predicted octanol–water partition coefficient (Wildman–Crippen LogP) is 16.4. The van der Waals surface area contributed by atoms with E-state index in [0.717, 1.165) is 39.0 Å². The number of rotatable bonds is 6. The van der Waals surface area contributed by atoms with Gasteiger partial charge in [0.1, 0.15) is 11.2 Å². The van der Waals surface area contributed by atoms with E-state index in [1.807, 2.05) is 0 Å². The van der Waals surface area contributed by atoms with Crippen molar-refractivity contribution in [1.82, 2.24) is 0 Å². The van der Waals surface area contributed by atoms with Crippen molar-refractivity contribution in [2.75, 3.05) is 4.90 Å². The molecule has 0 atom stereocenters. The second-order valence-electron chi connectivity index (χ2n) is 16.7. The van der Waals surface area contributed by atoms with Gasteiger partial charge < -0.3 is 9.32 Å². The van der Waals surface area contributed by atoms with Crippen LogP contribution in [0.4, 0.5) is 17.1 Å². The summed E-state index contributed by atoms with van der Waals surface area (Å²) >= 11 is 0. The van der Waals surface area contributed by atoms with Gasteiger partial charge in [0.15, 0.2) is 0 Å². The zero-order chi connectivity index (χ0) is 41.5. The maximum Gasteiger partial charge on any atom is 0.137 e. The van der Waals surface area contributed by atoms with E-state index in [1.54, 1.807) is 0 Å². The first-order valence-electron chi connectivity index (χ1n) is 21.8. The molecule has 10 aromatic carbocycles. The number of hydrogen-bond donors (Lipinski definition) is 0. The van der Waals surface area contributed by atoms with Crippen molar-refractivity contribution < 1.29 is 4.42 Å². The Balaban J connectivity index is 1.12. The number of para-hydroxylation sites is 1. The van der Waals surface area contributed by atoms with Crippen LogP contribution in [-0.2, 0) is 5.41 Å². The number of anilines is 3. The summed E-state index contributed by atoms with van der Waals surface area (Å²) in [4.78, 5) is 2.48. The van der Waals surface area contributed by atoms with Crippen molar-refractivity contribution in [2.45, 2.75) is 5.41 Å². The van der Waals surface area contributed by atoms with Crippen molar-refractivity contribution in [3.8, 4) is 55.6 Å². The predicted molar refractivity (Wildman–Crippen MR) is 261 cm³/mol. The molecular formula is C61H39NO. The van der Waals surface area contributed by atoms with Crippen molar-refractivity contribution in [1.29, 1.82) is 0 Å². The molecule has 294 valence electrons. The first-order chi connectivity index (χ1) is 31.3. The van der Waals surface area contributed by atoms with Gasteiger partial charge in [-0.1, -0.05) is 188 Å². The lowest BCUT2D eigenvalue weighted by molar-refractivity contribution is 0.669. The molecule has 2 nitrogen and oxygen atoms in total. The molecule has 1 aromatic heterocycles. The van der Waals surface area contributed by atoms with E-state index >= 15 is 0 Å². The average molecular weight is 802 g/mol. The highest BCUT2D eigenvalue weighted by atomic mass is 16.3. The van der Waals surface area contributed by atoms with Crippen molar-refractivity contribution in [3.63, 3.8) is 0 Å². The Bertz CT molecular complexity index is 3460. The highest BCUT2D eigenvalue weighted by molar-refractivity contribution is 6.14. The van der Waals surface area contributed by atoms with Gasteiger partial charge in [-0.2, -0.15) is 0 Å². The quantitative estimate of drug-likeness (QED) is 0.167. The van der Waals surface area contributed by atoms with E-state index in [0.29, 0.717) is 0 Å². The Morgan fingerprint density at radius 1 is 0.317 bits per heavy atom. The fraction of sp³-hybridized carbons (Fsp3) is 0.0164. The lowest BCUT2D eigenvalue weighted by atomic mass is 9.70. The Morgan fingerprint density at radius 2 is 0.810 bits per heavy atom. The molecule has 13 rings (SSSR count). The number of benzene rings is 10. The largest absolute Gasteiger partial charge is 0.456 e. The van der Waals surface area contributed by atoms with Crippen LogP contribution in [0.25, 0.3) is 77.6 Å². The normalized spacial score (nSPS) is 12.9. The molecule has 1 spiro atoms. The fourth-order valence-electron chi connectivity index (χ4n) is 10.8. The van der Waals surface area contributed by atoms with E-state index in [1.165, 1.54) is 77.9 Å². The zero-order valence-corrected chi connectivity index (χ0v) is 34.4. The van der Waals surface area contributed by atoms with Gasteiger partial charge in [-0.25, -0.2) is 0 Å². The minimum absolute atomic E-state index is 0.584. The van der Waals surface area contributed by atoms with E-state index in [2.05, 4.69) is 241 Å². The minimum atomic E-state index is -0.584. The Hall–Kier alpha value is -8.20. The number of hydrogen-bond acceptors (Lipinski definition) is 2. The first kappa shape index (κ1) is 35.5. The molecule has 2 aliphatic rings.